The zero-order chi connectivity index (χ0) is 18.1. The molecule has 130 valence electrons. The molecular formula is C19H13FN2O3S. The zero-order valence-corrected chi connectivity index (χ0v) is 14.3. The van der Waals surface area contributed by atoms with Crippen LogP contribution < -0.4 is 14.3 Å². The minimum Gasteiger partial charge on any atom is -0.485 e. The summed E-state index contributed by atoms with van der Waals surface area (Å²) < 4.78 is 27.1. The molecule has 4 rings (SSSR count). The Morgan fingerprint density at radius 2 is 2.15 bits per heavy atom. The molecule has 1 atom stereocenters. The third-order valence-electron chi connectivity index (χ3n) is 3.88. The number of terminal acetylenes is 1. The van der Waals surface area contributed by atoms with Gasteiger partial charge in [0.2, 0.25) is 6.10 Å². The highest BCUT2D eigenvalue weighted by Gasteiger charge is 2.27. The Balaban J connectivity index is 1.71. The first kappa shape index (κ1) is 16.4. The van der Waals surface area contributed by atoms with Crippen LogP contribution in [-0.4, -0.2) is 23.2 Å². The average molecular weight is 368 g/mol. The normalized spacial score (nSPS) is 16.5. The lowest BCUT2D eigenvalue weighted by Crippen LogP contribution is -2.36. The SMILES string of the molecule is C#CCn1c(=NC(=O)[C@H]2COc3ccccc3O2)sc2cc(F)ccc21. The predicted molar refractivity (Wildman–Crippen MR) is 95.5 cm³/mol. The first-order valence-corrected chi connectivity index (χ1v) is 8.67. The molecule has 2 heterocycles. The summed E-state index contributed by atoms with van der Waals surface area (Å²) in [6, 6.07) is 11.5. The molecule has 0 unspecified atom stereocenters. The van der Waals surface area contributed by atoms with Gasteiger partial charge in [0.05, 0.1) is 16.8 Å². The molecule has 0 saturated carbocycles. The van der Waals surface area contributed by atoms with E-state index in [2.05, 4.69) is 10.9 Å². The Bertz CT molecular complexity index is 1110. The maximum Gasteiger partial charge on any atom is 0.292 e. The van der Waals surface area contributed by atoms with Gasteiger partial charge in [-0.2, -0.15) is 4.99 Å². The zero-order valence-electron chi connectivity index (χ0n) is 13.5. The highest BCUT2D eigenvalue weighted by atomic mass is 32.1. The number of hydrogen-bond donors (Lipinski definition) is 0. The number of aromatic nitrogens is 1. The highest BCUT2D eigenvalue weighted by Crippen LogP contribution is 2.31. The van der Waals surface area contributed by atoms with Crippen molar-refractivity contribution in [2.45, 2.75) is 12.6 Å². The van der Waals surface area contributed by atoms with Gasteiger partial charge >= 0.3 is 0 Å². The summed E-state index contributed by atoms with van der Waals surface area (Å²) in [6.45, 7) is 0.302. The molecule has 3 aromatic rings. The van der Waals surface area contributed by atoms with E-state index in [1.807, 2.05) is 6.07 Å². The van der Waals surface area contributed by atoms with E-state index >= 15 is 0 Å². The van der Waals surface area contributed by atoms with Crippen molar-refractivity contribution in [1.82, 2.24) is 4.57 Å². The maximum atomic E-state index is 13.5. The molecular weight excluding hydrogens is 355 g/mol. The standard InChI is InChI=1S/C19H13FN2O3S/c1-2-9-22-13-8-7-12(20)10-17(13)26-19(22)21-18(23)16-11-24-14-5-3-4-6-15(14)25-16/h1,3-8,10,16H,9,11H2/t16-/m1/s1. The van der Waals surface area contributed by atoms with Crippen LogP contribution in [0, 0.1) is 18.2 Å². The number of rotatable bonds is 2. The van der Waals surface area contributed by atoms with Crippen molar-refractivity contribution in [3.63, 3.8) is 0 Å². The fraction of sp³-hybridized carbons (Fsp3) is 0.158. The van der Waals surface area contributed by atoms with E-state index in [0.29, 0.717) is 21.0 Å². The lowest BCUT2D eigenvalue weighted by atomic mass is 10.2. The third-order valence-corrected chi connectivity index (χ3v) is 4.93. The van der Waals surface area contributed by atoms with Gasteiger partial charge in [-0.15, -0.1) is 6.42 Å². The van der Waals surface area contributed by atoms with Gasteiger partial charge in [-0.05, 0) is 30.3 Å². The lowest BCUT2D eigenvalue weighted by Gasteiger charge is -2.23. The molecule has 1 aliphatic heterocycles. The van der Waals surface area contributed by atoms with Gasteiger partial charge in [0.25, 0.3) is 5.91 Å². The number of nitrogens with zero attached hydrogens (tertiary/aromatic N) is 2. The smallest absolute Gasteiger partial charge is 0.292 e. The molecule has 0 fully saturated rings. The second-order valence-corrected chi connectivity index (χ2v) is 6.61. The maximum absolute atomic E-state index is 13.5. The van der Waals surface area contributed by atoms with E-state index in [1.165, 1.54) is 23.5 Å². The molecule has 0 aliphatic carbocycles. The minimum absolute atomic E-state index is 0.0774. The summed E-state index contributed by atoms with van der Waals surface area (Å²) in [7, 11) is 0. The van der Waals surface area contributed by atoms with Crippen LogP contribution in [0.3, 0.4) is 0 Å². The van der Waals surface area contributed by atoms with Crippen LogP contribution in [0.25, 0.3) is 10.2 Å². The fourth-order valence-corrected chi connectivity index (χ4v) is 3.74. The minimum atomic E-state index is -0.842. The molecule has 0 N–H and O–H groups in total. The average Bonchev–Trinajstić information content (AvgIpc) is 2.98. The Hall–Kier alpha value is -3.11. The van der Waals surface area contributed by atoms with Gasteiger partial charge in [-0.3, -0.25) is 4.79 Å². The molecule has 1 aromatic heterocycles. The first-order chi connectivity index (χ1) is 12.7. The molecule has 0 bridgehead atoms. The molecule has 5 nitrogen and oxygen atoms in total. The predicted octanol–water partition coefficient (Wildman–Crippen LogP) is 2.74. The number of thiazole rings is 1. The Kier molecular flexibility index (Phi) is 4.19. The summed E-state index contributed by atoms with van der Waals surface area (Å²) in [5.41, 5.74) is 0.729. The number of halogens is 1. The van der Waals surface area contributed by atoms with Crippen molar-refractivity contribution in [3.8, 4) is 23.8 Å². The lowest BCUT2D eigenvalue weighted by molar-refractivity contribution is -0.127. The molecule has 1 amide bonds. The number of carbonyl (C=O) groups is 1. The Labute approximate surface area is 152 Å². The first-order valence-electron chi connectivity index (χ1n) is 7.85. The number of benzene rings is 2. The Morgan fingerprint density at radius 1 is 1.35 bits per heavy atom. The van der Waals surface area contributed by atoms with E-state index in [1.54, 1.807) is 28.8 Å². The van der Waals surface area contributed by atoms with Crippen molar-refractivity contribution >= 4 is 27.5 Å². The van der Waals surface area contributed by atoms with Crippen LogP contribution in [0.15, 0.2) is 47.5 Å². The monoisotopic (exact) mass is 368 g/mol. The van der Waals surface area contributed by atoms with Crippen molar-refractivity contribution in [2.24, 2.45) is 4.99 Å². The van der Waals surface area contributed by atoms with Gasteiger partial charge in [-0.25, -0.2) is 4.39 Å². The van der Waals surface area contributed by atoms with Crippen molar-refractivity contribution in [1.29, 1.82) is 0 Å². The van der Waals surface area contributed by atoms with E-state index in [9.17, 15) is 9.18 Å². The molecule has 7 heteroatoms. The van der Waals surface area contributed by atoms with E-state index in [4.69, 9.17) is 15.9 Å². The number of hydrogen-bond acceptors (Lipinski definition) is 4. The molecule has 0 saturated heterocycles. The Morgan fingerprint density at radius 3 is 2.96 bits per heavy atom. The van der Waals surface area contributed by atoms with Crippen LogP contribution in [0.5, 0.6) is 11.5 Å². The second-order valence-electron chi connectivity index (χ2n) is 5.60. The fourth-order valence-electron chi connectivity index (χ4n) is 2.68. The molecule has 0 spiro atoms. The summed E-state index contributed by atoms with van der Waals surface area (Å²) in [6.07, 6.45) is 4.58. The molecule has 26 heavy (non-hydrogen) atoms. The third kappa shape index (κ3) is 2.95. The van der Waals surface area contributed by atoms with Crippen molar-refractivity contribution in [3.05, 3.63) is 53.1 Å². The van der Waals surface area contributed by atoms with Crippen LogP contribution in [0.2, 0.25) is 0 Å². The summed E-state index contributed by atoms with van der Waals surface area (Å²) in [4.78, 5) is 17.1. The van der Waals surface area contributed by atoms with Crippen LogP contribution in [0.1, 0.15) is 0 Å². The van der Waals surface area contributed by atoms with Gasteiger partial charge in [0, 0.05) is 0 Å². The van der Waals surface area contributed by atoms with E-state index in [0.717, 1.165) is 5.52 Å². The summed E-state index contributed by atoms with van der Waals surface area (Å²) in [5.74, 6) is 2.80. The van der Waals surface area contributed by atoms with Crippen LogP contribution >= 0.6 is 11.3 Å². The molecule has 1 aliphatic rings. The van der Waals surface area contributed by atoms with Crippen molar-refractivity contribution in [2.75, 3.05) is 6.61 Å². The van der Waals surface area contributed by atoms with Crippen molar-refractivity contribution < 1.29 is 18.7 Å². The van der Waals surface area contributed by atoms with Gasteiger partial charge in [0.1, 0.15) is 12.4 Å². The highest BCUT2D eigenvalue weighted by molar-refractivity contribution is 7.16. The number of amides is 1. The van der Waals surface area contributed by atoms with E-state index < -0.39 is 12.0 Å². The quantitative estimate of drug-likeness (QED) is 0.654. The number of para-hydroxylation sites is 2. The molecule has 0 radical (unpaired) electrons. The van der Waals surface area contributed by atoms with Gasteiger partial charge in [0.15, 0.2) is 16.3 Å². The topological polar surface area (TPSA) is 52.8 Å². The van der Waals surface area contributed by atoms with Crippen LogP contribution in [-0.2, 0) is 11.3 Å². The van der Waals surface area contributed by atoms with Crippen LogP contribution in [0.4, 0.5) is 4.39 Å². The van der Waals surface area contributed by atoms with Gasteiger partial charge in [-0.1, -0.05) is 29.4 Å². The number of carbonyl (C=O) groups excluding carboxylic acids is 1. The number of fused-ring (bicyclic) bond motifs is 2. The number of ether oxygens (including phenoxy) is 2. The summed E-state index contributed by atoms with van der Waals surface area (Å²) >= 11 is 1.20. The largest absolute Gasteiger partial charge is 0.485 e. The van der Waals surface area contributed by atoms with E-state index in [-0.39, 0.29) is 19.0 Å². The second kappa shape index (κ2) is 6.65. The van der Waals surface area contributed by atoms with Gasteiger partial charge < -0.3 is 14.0 Å². The molecule has 2 aromatic carbocycles. The summed E-state index contributed by atoms with van der Waals surface area (Å²) in [5, 5.41) is 0.